The van der Waals surface area contributed by atoms with E-state index in [4.69, 9.17) is 9.84 Å². The zero-order valence-corrected chi connectivity index (χ0v) is 18.6. The molecule has 1 aliphatic rings. The van der Waals surface area contributed by atoms with Gasteiger partial charge in [-0.2, -0.15) is 0 Å². The fourth-order valence-electron chi connectivity index (χ4n) is 3.89. The van der Waals surface area contributed by atoms with Crippen molar-refractivity contribution in [2.24, 2.45) is 5.41 Å². The van der Waals surface area contributed by atoms with Crippen LogP contribution in [-0.2, 0) is 4.79 Å². The van der Waals surface area contributed by atoms with Crippen molar-refractivity contribution in [1.29, 1.82) is 0 Å². The van der Waals surface area contributed by atoms with Crippen molar-refractivity contribution in [2.45, 2.75) is 46.1 Å². The number of hydrogen-bond acceptors (Lipinski definition) is 6. The van der Waals surface area contributed by atoms with Gasteiger partial charge in [-0.15, -0.1) is 5.10 Å². The van der Waals surface area contributed by atoms with Crippen LogP contribution in [0.4, 0.5) is 5.82 Å². The Kier molecular flexibility index (Phi) is 5.80. The molecule has 0 unspecified atom stereocenters. The van der Waals surface area contributed by atoms with Crippen molar-refractivity contribution >= 4 is 17.4 Å². The first-order valence-corrected chi connectivity index (χ1v) is 10.7. The van der Waals surface area contributed by atoms with Gasteiger partial charge in [-0.05, 0) is 42.5 Å². The summed E-state index contributed by atoms with van der Waals surface area (Å²) in [6, 6.07) is 7.84. The molecule has 1 fully saturated rings. The van der Waals surface area contributed by atoms with Crippen LogP contribution in [0.2, 0.25) is 0 Å². The van der Waals surface area contributed by atoms with E-state index >= 15 is 0 Å². The number of anilines is 1. The van der Waals surface area contributed by atoms with Gasteiger partial charge < -0.3 is 15.0 Å². The van der Waals surface area contributed by atoms with Crippen molar-refractivity contribution in [3.8, 4) is 17.1 Å². The first kappa shape index (κ1) is 21.1. The highest BCUT2D eigenvalue weighted by Gasteiger charge is 2.31. The largest absolute Gasteiger partial charge is 0.481 e. The molecule has 0 bridgehead atoms. The third kappa shape index (κ3) is 4.62. The Morgan fingerprint density at radius 3 is 2.84 bits per heavy atom. The van der Waals surface area contributed by atoms with Gasteiger partial charge >= 0.3 is 0 Å². The Balaban J connectivity index is 1.51. The van der Waals surface area contributed by atoms with Gasteiger partial charge in [0.1, 0.15) is 5.82 Å². The van der Waals surface area contributed by atoms with Crippen LogP contribution in [0.15, 0.2) is 36.7 Å². The summed E-state index contributed by atoms with van der Waals surface area (Å²) in [5.41, 5.74) is 2.59. The fourth-order valence-corrected chi connectivity index (χ4v) is 3.89. The number of imidazole rings is 1. The molecule has 0 aliphatic carbocycles. The van der Waals surface area contributed by atoms with E-state index in [1.165, 1.54) is 0 Å². The van der Waals surface area contributed by atoms with E-state index in [0.29, 0.717) is 18.8 Å². The molecule has 1 saturated heterocycles. The van der Waals surface area contributed by atoms with Crippen LogP contribution in [0.25, 0.3) is 16.9 Å². The molecule has 8 heteroatoms. The van der Waals surface area contributed by atoms with Crippen LogP contribution in [0, 0.1) is 5.41 Å². The number of aromatic nitrogens is 4. The van der Waals surface area contributed by atoms with Crippen LogP contribution in [0.3, 0.4) is 0 Å². The molecule has 4 rings (SSSR count). The number of likely N-dealkylation sites (tertiary alicyclic amines) is 1. The molecule has 1 N–H and O–H groups in total. The number of nitrogens with one attached hydrogen (secondary N) is 1. The van der Waals surface area contributed by atoms with Crippen LogP contribution in [0.1, 0.15) is 40.0 Å². The van der Waals surface area contributed by atoms with Crippen molar-refractivity contribution < 1.29 is 9.53 Å². The van der Waals surface area contributed by atoms with Crippen molar-refractivity contribution in [3.63, 3.8) is 0 Å². The summed E-state index contributed by atoms with van der Waals surface area (Å²) >= 11 is 0. The topological polar surface area (TPSA) is 84.7 Å². The fraction of sp³-hybridized carbons (Fsp3) is 0.478. The molecule has 1 amide bonds. The molecule has 3 aromatic rings. The lowest BCUT2D eigenvalue weighted by Gasteiger charge is -2.28. The van der Waals surface area contributed by atoms with E-state index in [-0.39, 0.29) is 17.4 Å². The number of hydrogen-bond donors (Lipinski definition) is 1. The highest BCUT2D eigenvalue weighted by Crippen LogP contribution is 2.28. The number of rotatable bonds is 7. The molecule has 31 heavy (non-hydrogen) atoms. The first-order chi connectivity index (χ1) is 14.9. The molecule has 8 nitrogen and oxygen atoms in total. The second-order valence-corrected chi connectivity index (χ2v) is 9.16. The maximum absolute atomic E-state index is 12.4. The quantitative estimate of drug-likeness (QED) is 0.626. The Morgan fingerprint density at radius 2 is 2.06 bits per heavy atom. The van der Waals surface area contributed by atoms with Gasteiger partial charge in [0.2, 0.25) is 11.8 Å². The molecule has 0 saturated carbocycles. The lowest BCUT2D eigenvalue weighted by atomic mass is 9.92. The van der Waals surface area contributed by atoms with E-state index in [9.17, 15) is 4.79 Å². The minimum absolute atomic E-state index is 0.188. The molecule has 1 aliphatic heterocycles. The number of pyridine rings is 1. The van der Waals surface area contributed by atoms with E-state index in [1.807, 2.05) is 29.2 Å². The molecule has 164 valence electrons. The van der Waals surface area contributed by atoms with Crippen LogP contribution >= 0.6 is 0 Å². The number of ether oxygens (including phenoxy) is 1. The third-order valence-electron chi connectivity index (χ3n) is 5.68. The van der Waals surface area contributed by atoms with Crippen molar-refractivity contribution in [1.82, 2.24) is 24.5 Å². The predicted octanol–water partition coefficient (Wildman–Crippen LogP) is 3.64. The lowest BCUT2D eigenvalue weighted by molar-refractivity contribution is -0.129. The molecule has 4 heterocycles. The third-order valence-corrected chi connectivity index (χ3v) is 5.68. The van der Waals surface area contributed by atoms with Crippen LogP contribution in [0.5, 0.6) is 5.88 Å². The summed E-state index contributed by atoms with van der Waals surface area (Å²) < 4.78 is 7.19. The Bertz CT molecular complexity index is 1070. The number of fused-ring (bicyclic) bond motifs is 1. The predicted molar refractivity (Wildman–Crippen MR) is 120 cm³/mol. The van der Waals surface area contributed by atoms with E-state index in [2.05, 4.69) is 36.1 Å². The van der Waals surface area contributed by atoms with Gasteiger partial charge in [0.05, 0.1) is 24.6 Å². The van der Waals surface area contributed by atoms with Gasteiger partial charge in [0.15, 0.2) is 5.65 Å². The molecule has 3 aromatic heterocycles. The smallest absolute Gasteiger partial charge is 0.222 e. The average molecular weight is 423 g/mol. The summed E-state index contributed by atoms with van der Waals surface area (Å²) in [6.45, 7) is 8.10. The summed E-state index contributed by atoms with van der Waals surface area (Å²) in [4.78, 5) is 23.1. The SMILES string of the molecule is COc1ncccc1-c1cnc2ccc(NC[C@@H]3CCC(=O)N3CCC(C)(C)C)nn12. The first-order valence-electron chi connectivity index (χ1n) is 10.7. The van der Waals surface area contributed by atoms with Gasteiger partial charge in [0, 0.05) is 31.7 Å². The number of methoxy groups -OCH3 is 1. The standard InChI is InChI=1S/C23H30N6O2/c1-23(2,3)11-13-28-16(7-10-21(28)30)14-25-19-8-9-20-26-15-18(29(20)27-19)17-6-5-12-24-22(17)31-4/h5-6,8-9,12,15-16H,7,10-11,13-14H2,1-4H3,(H,25,27)/t16-/m0/s1. The van der Waals surface area contributed by atoms with Gasteiger partial charge in [-0.3, -0.25) is 4.79 Å². The molecule has 0 aromatic carbocycles. The highest BCUT2D eigenvalue weighted by atomic mass is 16.5. The average Bonchev–Trinajstić information content (AvgIpc) is 3.32. The number of carbonyl (C=O) groups excluding carboxylic acids is 1. The Labute approximate surface area is 182 Å². The second-order valence-electron chi connectivity index (χ2n) is 9.16. The Morgan fingerprint density at radius 1 is 1.23 bits per heavy atom. The van der Waals surface area contributed by atoms with E-state index in [1.54, 1.807) is 24.0 Å². The monoisotopic (exact) mass is 422 g/mol. The van der Waals surface area contributed by atoms with E-state index in [0.717, 1.165) is 42.1 Å². The molecule has 0 radical (unpaired) electrons. The van der Waals surface area contributed by atoms with Crippen molar-refractivity contribution in [2.75, 3.05) is 25.5 Å². The maximum atomic E-state index is 12.4. The Hall–Kier alpha value is -3.16. The van der Waals surface area contributed by atoms with E-state index < -0.39 is 0 Å². The zero-order chi connectivity index (χ0) is 22.0. The lowest BCUT2D eigenvalue weighted by Crippen LogP contribution is -2.39. The minimum atomic E-state index is 0.188. The molecule has 0 spiro atoms. The zero-order valence-electron chi connectivity index (χ0n) is 18.6. The molecular formula is C23H30N6O2. The summed E-state index contributed by atoms with van der Waals surface area (Å²) in [6.07, 6.45) is 5.96. The van der Waals surface area contributed by atoms with Gasteiger partial charge in [0.25, 0.3) is 0 Å². The summed E-state index contributed by atoms with van der Waals surface area (Å²) in [7, 11) is 1.60. The molecule has 1 atom stereocenters. The number of carbonyl (C=O) groups is 1. The summed E-state index contributed by atoms with van der Waals surface area (Å²) in [5, 5.41) is 8.16. The van der Waals surface area contributed by atoms with Gasteiger partial charge in [-0.1, -0.05) is 20.8 Å². The molecular weight excluding hydrogens is 392 g/mol. The number of amides is 1. The maximum Gasteiger partial charge on any atom is 0.222 e. The minimum Gasteiger partial charge on any atom is -0.481 e. The van der Waals surface area contributed by atoms with Gasteiger partial charge in [-0.25, -0.2) is 14.5 Å². The highest BCUT2D eigenvalue weighted by molar-refractivity contribution is 5.78. The van der Waals surface area contributed by atoms with Crippen molar-refractivity contribution in [3.05, 3.63) is 36.7 Å². The van der Waals surface area contributed by atoms with Crippen LogP contribution in [-0.4, -0.2) is 56.6 Å². The normalized spacial score (nSPS) is 16.8. The number of nitrogens with zero attached hydrogens (tertiary/aromatic N) is 5. The van der Waals surface area contributed by atoms with Crippen LogP contribution < -0.4 is 10.1 Å². The summed E-state index contributed by atoms with van der Waals surface area (Å²) in [5.74, 6) is 1.52. The second kappa shape index (κ2) is 8.53.